The lowest BCUT2D eigenvalue weighted by Crippen LogP contribution is -2.52. The van der Waals surface area contributed by atoms with E-state index in [1.807, 2.05) is 45.0 Å². The number of carbonyl (C=O) groups excluding carboxylic acids is 2. The molecule has 3 rings (SSSR count). The molecule has 37 heavy (non-hydrogen) atoms. The maximum absolute atomic E-state index is 12.6. The molecule has 1 aliphatic heterocycles. The van der Waals surface area contributed by atoms with Crippen LogP contribution in [-0.2, 0) is 27.3 Å². The molecule has 2 aromatic carbocycles. The van der Waals surface area contributed by atoms with Gasteiger partial charge in [0.15, 0.2) is 0 Å². The lowest BCUT2D eigenvalue weighted by Gasteiger charge is -2.29. The zero-order chi connectivity index (χ0) is 27.2. The Morgan fingerprint density at radius 2 is 1.81 bits per heavy atom. The Hall–Kier alpha value is -2.20. The summed E-state index contributed by atoms with van der Waals surface area (Å²) in [5, 5.41) is 4.19. The van der Waals surface area contributed by atoms with Crippen LogP contribution in [0.2, 0.25) is 10.0 Å². The highest BCUT2D eigenvalue weighted by Crippen LogP contribution is 2.27. The molecule has 2 aromatic rings. The SMILES string of the molecule is COC(=O)[C@@H](Cc1ccc(OCc2c(Cl)cccc2Cl)cc1)NC(=S)[C@@H]1CSCN1C(=O)OC(C)(C)C. The third-order valence-electron chi connectivity index (χ3n) is 5.42. The molecule has 1 saturated heterocycles. The van der Waals surface area contributed by atoms with E-state index >= 15 is 0 Å². The quantitative estimate of drug-likeness (QED) is 0.304. The van der Waals surface area contributed by atoms with Gasteiger partial charge in [-0.3, -0.25) is 4.90 Å². The highest BCUT2D eigenvalue weighted by atomic mass is 35.5. The average Bonchev–Trinajstić information content (AvgIpc) is 3.33. The normalized spacial score (nSPS) is 16.2. The molecule has 0 radical (unpaired) electrons. The molecule has 0 spiro atoms. The first-order chi connectivity index (χ1) is 17.5. The van der Waals surface area contributed by atoms with Crippen LogP contribution in [0.1, 0.15) is 31.9 Å². The first-order valence-corrected chi connectivity index (χ1v) is 13.9. The molecule has 0 aromatic heterocycles. The number of esters is 1. The number of thioether (sulfide) groups is 1. The molecule has 1 amide bonds. The van der Waals surface area contributed by atoms with Crippen molar-refractivity contribution in [2.45, 2.75) is 51.5 Å². The molecule has 11 heteroatoms. The second-order valence-corrected chi connectivity index (χ2v) is 11.6. The second kappa shape index (κ2) is 13.0. The molecule has 7 nitrogen and oxygen atoms in total. The number of thiocarbonyl (C=S) groups is 1. The standard InChI is InChI=1S/C26H30Cl2N2O5S2/c1-26(2,3)35-25(32)30-15-37-14-22(30)23(36)29-21(24(31)33-4)12-16-8-10-17(11-9-16)34-13-18-19(27)6-5-7-20(18)28/h5-11,21-22H,12-15H2,1-4H3,(H,29,36)/t21-,22+/m1/s1. The predicted octanol–water partition coefficient (Wildman–Crippen LogP) is 5.88. The minimum absolute atomic E-state index is 0.228. The van der Waals surface area contributed by atoms with Gasteiger partial charge in [0.25, 0.3) is 0 Å². The highest BCUT2D eigenvalue weighted by molar-refractivity contribution is 7.99. The summed E-state index contributed by atoms with van der Waals surface area (Å²) in [4.78, 5) is 27.2. The van der Waals surface area contributed by atoms with Crippen LogP contribution in [-0.4, -0.2) is 58.4 Å². The van der Waals surface area contributed by atoms with Crippen molar-refractivity contribution in [3.8, 4) is 5.75 Å². The Bertz CT molecular complexity index is 1100. The van der Waals surface area contributed by atoms with Gasteiger partial charge in [-0.05, 0) is 50.6 Å². The lowest BCUT2D eigenvalue weighted by molar-refractivity contribution is -0.142. The molecule has 1 heterocycles. The minimum Gasteiger partial charge on any atom is -0.489 e. The summed E-state index contributed by atoms with van der Waals surface area (Å²) in [5.41, 5.74) is 0.969. The topological polar surface area (TPSA) is 77.1 Å². The largest absolute Gasteiger partial charge is 0.489 e. The van der Waals surface area contributed by atoms with Gasteiger partial charge in [-0.25, -0.2) is 9.59 Å². The molecule has 2 atom stereocenters. The van der Waals surface area contributed by atoms with E-state index in [0.29, 0.717) is 44.4 Å². The van der Waals surface area contributed by atoms with E-state index in [0.717, 1.165) is 5.56 Å². The molecule has 200 valence electrons. The van der Waals surface area contributed by atoms with Crippen molar-refractivity contribution in [2.24, 2.45) is 0 Å². The molecule has 0 unspecified atom stereocenters. The summed E-state index contributed by atoms with van der Waals surface area (Å²) in [7, 11) is 1.33. The molecular weight excluding hydrogens is 555 g/mol. The van der Waals surface area contributed by atoms with Crippen LogP contribution < -0.4 is 10.1 Å². The van der Waals surface area contributed by atoms with E-state index < -0.39 is 23.7 Å². The molecule has 0 bridgehead atoms. The predicted molar refractivity (Wildman–Crippen MR) is 152 cm³/mol. The molecule has 0 aliphatic carbocycles. The van der Waals surface area contributed by atoms with E-state index in [2.05, 4.69) is 5.32 Å². The maximum Gasteiger partial charge on any atom is 0.411 e. The number of benzene rings is 2. The van der Waals surface area contributed by atoms with E-state index in [4.69, 9.17) is 49.6 Å². The number of nitrogens with one attached hydrogen (secondary N) is 1. The van der Waals surface area contributed by atoms with Gasteiger partial charge in [0, 0.05) is 27.8 Å². The Morgan fingerprint density at radius 1 is 1.16 bits per heavy atom. The van der Waals surface area contributed by atoms with Gasteiger partial charge in [0.1, 0.15) is 24.0 Å². The van der Waals surface area contributed by atoms with Crippen LogP contribution in [0.25, 0.3) is 0 Å². The first-order valence-electron chi connectivity index (χ1n) is 11.6. The third kappa shape index (κ3) is 8.40. The summed E-state index contributed by atoms with van der Waals surface area (Å²) in [6, 6.07) is 11.5. The van der Waals surface area contributed by atoms with Crippen LogP contribution >= 0.6 is 47.2 Å². The summed E-state index contributed by atoms with van der Waals surface area (Å²) in [6.45, 7) is 5.67. The van der Waals surface area contributed by atoms with E-state index in [1.165, 1.54) is 7.11 Å². The van der Waals surface area contributed by atoms with Crippen LogP contribution in [0.4, 0.5) is 4.79 Å². The zero-order valence-corrected chi connectivity index (χ0v) is 24.2. The molecule has 1 N–H and O–H groups in total. The number of rotatable bonds is 8. The average molecular weight is 586 g/mol. The van der Waals surface area contributed by atoms with E-state index in [1.54, 1.807) is 34.9 Å². The minimum atomic E-state index is -0.725. The zero-order valence-electron chi connectivity index (χ0n) is 21.1. The molecule has 1 fully saturated rings. The summed E-state index contributed by atoms with van der Waals surface area (Å²) in [5.74, 6) is 1.25. The second-order valence-electron chi connectivity index (χ2n) is 9.39. The van der Waals surface area contributed by atoms with Gasteiger partial charge in [-0.15, -0.1) is 11.8 Å². The number of methoxy groups -OCH3 is 1. The van der Waals surface area contributed by atoms with Gasteiger partial charge < -0.3 is 19.5 Å². The monoisotopic (exact) mass is 584 g/mol. The van der Waals surface area contributed by atoms with Crippen molar-refractivity contribution in [1.82, 2.24) is 10.2 Å². The van der Waals surface area contributed by atoms with Gasteiger partial charge in [-0.1, -0.05) is 53.6 Å². The number of carbonyl (C=O) groups is 2. The Kier molecular flexibility index (Phi) is 10.3. The molecule has 1 aliphatic rings. The number of nitrogens with zero attached hydrogens (tertiary/aromatic N) is 1. The maximum atomic E-state index is 12.6. The molecular formula is C26H30Cl2N2O5S2. The number of ether oxygens (including phenoxy) is 3. The number of hydrogen-bond donors (Lipinski definition) is 1. The van der Waals surface area contributed by atoms with Crippen molar-refractivity contribution in [3.05, 3.63) is 63.6 Å². The summed E-state index contributed by atoms with van der Waals surface area (Å²) < 4.78 is 16.3. The Labute approximate surface area is 237 Å². The van der Waals surface area contributed by atoms with Gasteiger partial charge in [0.2, 0.25) is 0 Å². The van der Waals surface area contributed by atoms with Crippen LogP contribution in [0.3, 0.4) is 0 Å². The Morgan fingerprint density at radius 3 is 2.41 bits per heavy atom. The van der Waals surface area contributed by atoms with Crippen molar-refractivity contribution in [3.63, 3.8) is 0 Å². The number of halogens is 2. The number of amides is 1. The van der Waals surface area contributed by atoms with Crippen molar-refractivity contribution in [1.29, 1.82) is 0 Å². The fraction of sp³-hybridized carbons (Fsp3) is 0.423. The Balaban J connectivity index is 1.63. The van der Waals surface area contributed by atoms with Gasteiger partial charge in [-0.2, -0.15) is 0 Å². The fourth-order valence-corrected chi connectivity index (χ4v) is 5.67. The third-order valence-corrected chi connectivity index (χ3v) is 7.53. The summed E-state index contributed by atoms with van der Waals surface area (Å²) >= 11 is 19.6. The number of hydrogen-bond acceptors (Lipinski definition) is 7. The summed E-state index contributed by atoms with van der Waals surface area (Å²) in [6.07, 6.45) is -0.106. The van der Waals surface area contributed by atoms with Crippen LogP contribution in [0.15, 0.2) is 42.5 Å². The van der Waals surface area contributed by atoms with Crippen molar-refractivity contribution in [2.75, 3.05) is 18.7 Å². The van der Waals surface area contributed by atoms with Crippen molar-refractivity contribution < 1.29 is 23.8 Å². The van der Waals surface area contributed by atoms with E-state index in [-0.39, 0.29) is 12.6 Å². The van der Waals surface area contributed by atoms with Crippen LogP contribution in [0, 0.1) is 0 Å². The fourth-order valence-electron chi connectivity index (χ4n) is 3.55. The highest BCUT2D eigenvalue weighted by Gasteiger charge is 2.36. The van der Waals surface area contributed by atoms with Crippen molar-refractivity contribution >= 4 is 64.2 Å². The van der Waals surface area contributed by atoms with Gasteiger partial charge in [0.05, 0.1) is 24.0 Å². The van der Waals surface area contributed by atoms with Crippen LogP contribution in [0.5, 0.6) is 5.75 Å². The van der Waals surface area contributed by atoms with E-state index in [9.17, 15) is 9.59 Å². The first kappa shape index (κ1) is 29.4. The molecule has 0 saturated carbocycles. The van der Waals surface area contributed by atoms with Gasteiger partial charge >= 0.3 is 12.1 Å². The lowest BCUT2D eigenvalue weighted by atomic mass is 10.1. The smallest absolute Gasteiger partial charge is 0.411 e.